The van der Waals surface area contributed by atoms with Crippen molar-refractivity contribution in [3.8, 4) is 11.5 Å². The fourth-order valence-electron chi connectivity index (χ4n) is 4.31. The van der Waals surface area contributed by atoms with E-state index in [1.165, 1.54) is 22.9 Å². The van der Waals surface area contributed by atoms with E-state index < -0.39 is 0 Å². The molecule has 2 aromatic carbocycles. The van der Waals surface area contributed by atoms with Crippen LogP contribution in [0.1, 0.15) is 17.2 Å². The molecule has 162 valence electrons. The Hall–Kier alpha value is -2.77. The minimum Gasteiger partial charge on any atom is -0.497 e. The molecule has 0 radical (unpaired) electrons. The van der Waals surface area contributed by atoms with Gasteiger partial charge in [-0.1, -0.05) is 29.4 Å². The molecule has 0 spiro atoms. The van der Waals surface area contributed by atoms with Crippen molar-refractivity contribution < 1.29 is 14.2 Å². The predicted octanol–water partition coefficient (Wildman–Crippen LogP) is 3.45. The van der Waals surface area contributed by atoms with Gasteiger partial charge in [-0.2, -0.15) is 0 Å². The first-order valence-corrected chi connectivity index (χ1v) is 11.5. The number of methoxy groups -OCH3 is 2. The summed E-state index contributed by atoms with van der Waals surface area (Å²) in [6, 6.07) is 16.4. The molecule has 0 amide bonds. The van der Waals surface area contributed by atoms with Crippen LogP contribution in [-0.2, 0) is 0 Å². The number of nitrogens with two attached hydrogens (primary N) is 1. The Morgan fingerprint density at radius 1 is 1.10 bits per heavy atom. The third kappa shape index (κ3) is 4.34. The molecular formula is C24H29N4O2S+. The molecule has 7 heteroatoms. The molecule has 2 atom stereocenters. The van der Waals surface area contributed by atoms with Gasteiger partial charge in [0.25, 0.3) is 0 Å². The molecule has 0 aromatic heterocycles. The fraction of sp³-hybridized carbons (Fsp3) is 0.333. The number of ether oxygens (including phenoxy) is 2. The third-order valence-electron chi connectivity index (χ3n) is 5.84. The molecule has 0 aliphatic carbocycles. The average Bonchev–Trinajstić information content (AvgIpc) is 3.18. The van der Waals surface area contributed by atoms with Crippen LogP contribution in [0.15, 0.2) is 59.2 Å². The number of nitrogens with zero attached hydrogens (tertiary/aromatic N) is 3. The van der Waals surface area contributed by atoms with Crippen LogP contribution in [0, 0.1) is 5.92 Å². The second-order valence-corrected chi connectivity index (χ2v) is 8.66. The second kappa shape index (κ2) is 9.16. The highest BCUT2D eigenvalue weighted by molar-refractivity contribution is 8.12. The number of hydrogen-bond acceptors (Lipinski definition) is 5. The highest BCUT2D eigenvalue weighted by Gasteiger charge is 2.45. The van der Waals surface area contributed by atoms with Gasteiger partial charge in [0.05, 0.1) is 25.8 Å². The van der Waals surface area contributed by atoms with Gasteiger partial charge < -0.3 is 14.4 Å². The summed E-state index contributed by atoms with van der Waals surface area (Å²) in [7, 11) is 5.53. The van der Waals surface area contributed by atoms with Crippen LogP contribution in [0.5, 0.6) is 11.5 Å². The monoisotopic (exact) mass is 437 g/mol. The molecule has 1 saturated heterocycles. The normalized spacial score (nSPS) is 24.0. The van der Waals surface area contributed by atoms with E-state index in [2.05, 4.69) is 42.3 Å². The number of likely N-dealkylation sites (N-methyl/N-ethyl adjacent to an activating group) is 1. The smallest absolute Gasteiger partial charge is 0.329 e. The molecule has 0 saturated carbocycles. The van der Waals surface area contributed by atoms with Crippen molar-refractivity contribution in [1.29, 1.82) is 0 Å². The number of piperidine rings is 1. The van der Waals surface area contributed by atoms with E-state index in [0.29, 0.717) is 5.17 Å². The maximum atomic E-state index is 6.41. The van der Waals surface area contributed by atoms with Gasteiger partial charge in [-0.15, -0.1) is 4.68 Å². The molecule has 6 nitrogen and oxygen atoms in total. The number of benzene rings is 2. The van der Waals surface area contributed by atoms with E-state index in [4.69, 9.17) is 20.3 Å². The molecule has 0 unspecified atom stereocenters. The maximum Gasteiger partial charge on any atom is 0.329 e. The van der Waals surface area contributed by atoms with Crippen molar-refractivity contribution in [3.05, 3.63) is 65.2 Å². The molecule has 2 aliphatic rings. The van der Waals surface area contributed by atoms with Gasteiger partial charge in [-0.25, -0.2) is 0 Å². The second-order valence-electron chi connectivity index (χ2n) is 7.84. The number of amidine groups is 1. The molecule has 0 bridgehead atoms. The molecule has 2 aliphatic heterocycles. The quantitative estimate of drug-likeness (QED) is 0.586. The summed E-state index contributed by atoms with van der Waals surface area (Å²) in [6.07, 6.45) is 4.22. The molecule has 1 fully saturated rings. The van der Waals surface area contributed by atoms with E-state index >= 15 is 0 Å². The Balaban J connectivity index is 1.76. The van der Waals surface area contributed by atoms with Gasteiger partial charge in [0, 0.05) is 13.1 Å². The Kier molecular flexibility index (Phi) is 6.34. The Morgan fingerprint density at radius 2 is 1.71 bits per heavy atom. The van der Waals surface area contributed by atoms with Gasteiger partial charge in [0.15, 0.2) is 6.04 Å². The first-order chi connectivity index (χ1) is 15.0. The van der Waals surface area contributed by atoms with Crippen molar-refractivity contribution in [2.45, 2.75) is 6.04 Å². The lowest BCUT2D eigenvalue weighted by Gasteiger charge is -2.31. The number of rotatable bonds is 4. The van der Waals surface area contributed by atoms with Crippen LogP contribution < -0.4 is 15.2 Å². The van der Waals surface area contributed by atoms with Gasteiger partial charge in [-0.05, 0) is 72.1 Å². The van der Waals surface area contributed by atoms with Crippen molar-refractivity contribution in [3.63, 3.8) is 0 Å². The summed E-state index contributed by atoms with van der Waals surface area (Å²) < 4.78 is 12.6. The Morgan fingerprint density at radius 3 is 2.29 bits per heavy atom. The topological polar surface area (TPSA) is 63.1 Å². The predicted molar refractivity (Wildman–Crippen MR) is 128 cm³/mol. The van der Waals surface area contributed by atoms with E-state index in [1.54, 1.807) is 14.2 Å². The maximum absolute atomic E-state index is 6.41. The van der Waals surface area contributed by atoms with E-state index in [0.717, 1.165) is 35.9 Å². The van der Waals surface area contributed by atoms with Crippen LogP contribution >= 0.6 is 11.8 Å². The molecule has 4 rings (SSSR count). The first kappa shape index (κ1) is 21.5. The SMILES string of the molecule is COc1ccc(/C=C2\CN(C)C[C@@H]3C2=N/[N+](=C(\N)SC)[C@@H]3c2ccc(OC)cc2)cc1. The zero-order valence-electron chi connectivity index (χ0n) is 18.4. The van der Waals surface area contributed by atoms with Crippen LogP contribution in [0.3, 0.4) is 0 Å². The summed E-state index contributed by atoms with van der Waals surface area (Å²) in [5.41, 5.74) is 11.1. The molecule has 31 heavy (non-hydrogen) atoms. The average molecular weight is 438 g/mol. The van der Waals surface area contributed by atoms with Crippen molar-refractivity contribution >= 4 is 28.7 Å². The number of fused-ring (bicyclic) bond motifs is 1. The van der Waals surface area contributed by atoms with Crippen LogP contribution in [0.2, 0.25) is 0 Å². The molecule has 2 aromatic rings. The number of thioether (sulfide) groups is 1. The van der Waals surface area contributed by atoms with Gasteiger partial charge in [-0.3, -0.25) is 5.73 Å². The fourth-order valence-corrected chi connectivity index (χ4v) is 4.65. The van der Waals surface area contributed by atoms with Crippen LogP contribution in [0.25, 0.3) is 6.08 Å². The van der Waals surface area contributed by atoms with Gasteiger partial charge in [0.1, 0.15) is 11.5 Å². The van der Waals surface area contributed by atoms with Gasteiger partial charge >= 0.3 is 5.17 Å². The van der Waals surface area contributed by atoms with Gasteiger partial charge in [0.2, 0.25) is 0 Å². The highest BCUT2D eigenvalue weighted by Crippen LogP contribution is 2.39. The van der Waals surface area contributed by atoms with Crippen molar-refractivity contribution in [1.82, 2.24) is 4.90 Å². The lowest BCUT2D eigenvalue weighted by atomic mass is 9.83. The Bertz CT molecular complexity index is 1030. The van der Waals surface area contributed by atoms with Crippen molar-refractivity contribution in [2.75, 3.05) is 40.6 Å². The van der Waals surface area contributed by atoms with Crippen LogP contribution in [-0.4, -0.2) is 61.1 Å². The first-order valence-electron chi connectivity index (χ1n) is 10.3. The molecule has 2 N–H and O–H groups in total. The molecular weight excluding hydrogens is 408 g/mol. The minimum atomic E-state index is 0.0513. The summed E-state index contributed by atoms with van der Waals surface area (Å²) in [4.78, 5) is 2.36. The summed E-state index contributed by atoms with van der Waals surface area (Å²) in [6.45, 7) is 1.78. The zero-order chi connectivity index (χ0) is 22.0. The lowest BCUT2D eigenvalue weighted by molar-refractivity contribution is -0.571. The summed E-state index contributed by atoms with van der Waals surface area (Å²) in [5.74, 6) is 1.92. The largest absolute Gasteiger partial charge is 0.497 e. The van der Waals surface area contributed by atoms with Crippen molar-refractivity contribution in [2.24, 2.45) is 16.8 Å². The zero-order valence-corrected chi connectivity index (χ0v) is 19.2. The standard InChI is InChI=1S/C24H28N4O2S/c1-27-14-18(13-16-5-9-19(29-2)10-6-16)22-21(15-27)23(28(26-22)24(25)31-4)17-7-11-20(30-3)12-8-17/h5-13,21,23,25H,14-15H2,1-4H3/p+1/b18-13+/t21-,23-/m1/s1. The summed E-state index contributed by atoms with van der Waals surface area (Å²) >= 11 is 1.53. The number of hydrazone groups is 1. The Labute approximate surface area is 188 Å². The highest BCUT2D eigenvalue weighted by atomic mass is 32.2. The van der Waals surface area contributed by atoms with E-state index in [1.807, 2.05) is 35.2 Å². The van der Waals surface area contributed by atoms with E-state index in [9.17, 15) is 0 Å². The third-order valence-corrected chi connectivity index (χ3v) is 6.44. The van der Waals surface area contributed by atoms with E-state index in [-0.39, 0.29) is 12.0 Å². The number of hydrogen-bond donors (Lipinski definition) is 1. The molecule has 2 heterocycles. The lowest BCUT2D eigenvalue weighted by Crippen LogP contribution is -2.41. The summed E-state index contributed by atoms with van der Waals surface area (Å²) in [5, 5.41) is 5.75. The minimum absolute atomic E-state index is 0.0513. The van der Waals surface area contributed by atoms with Crippen LogP contribution in [0.4, 0.5) is 0 Å². The number of likely N-dealkylation sites (tertiary alicyclic amines) is 1.